The van der Waals surface area contributed by atoms with Gasteiger partial charge < -0.3 is 25.4 Å². The van der Waals surface area contributed by atoms with Crippen molar-refractivity contribution in [3.8, 4) is 5.75 Å². The molecule has 0 radical (unpaired) electrons. The van der Waals surface area contributed by atoms with E-state index in [1.165, 1.54) is 0 Å². The highest BCUT2D eigenvalue weighted by molar-refractivity contribution is 5.84. The second-order valence-corrected chi connectivity index (χ2v) is 7.23. The van der Waals surface area contributed by atoms with Gasteiger partial charge in [0.15, 0.2) is 17.0 Å². The van der Waals surface area contributed by atoms with Crippen molar-refractivity contribution >= 4 is 22.9 Å². The van der Waals surface area contributed by atoms with Crippen molar-refractivity contribution in [2.75, 3.05) is 17.2 Å². The zero-order valence-electron chi connectivity index (χ0n) is 16.8. The van der Waals surface area contributed by atoms with Crippen LogP contribution in [0.4, 0.5) is 11.8 Å². The van der Waals surface area contributed by atoms with Crippen LogP contribution >= 0.6 is 0 Å². The molecule has 0 spiro atoms. The quantitative estimate of drug-likeness (QED) is 0.472. The highest BCUT2D eigenvalue weighted by atomic mass is 16.3. The van der Waals surface area contributed by atoms with Gasteiger partial charge in [0.2, 0.25) is 5.95 Å². The molecule has 0 aliphatic carbocycles. The SMILES string of the molecule is CC[C@H](CO)Nc1nc(NCc2cc(C)ccc2O)c2ncn(C(C)C)c2n1. The molecule has 2 heterocycles. The lowest BCUT2D eigenvalue weighted by Crippen LogP contribution is -2.24. The van der Waals surface area contributed by atoms with Crippen LogP contribution in [-0.4, -0.2) is 42.4 Å². The summed E-state index contributed by atoms with van der Waals surface area (Å²) in [5.74, 6) is 1.26. The summed E-state index contributed by atoms with van der Waals surface area (Å²) in [6, 6.07) is 5.57. The maximum absolute atomic E-state index is 10.1. The molecule has 3 rings (SSSR count). The Hall–Kier alpha value is -2.87. The Kier molecular flexibility index (Phi) is 5.99. The molecule has 0 fully saturated rings. The molecule has 28 heavy (non-hydrogen) atoms. The summed E-state index contributed by atoms with van der Waals surface area (Å²) < 4.78 is 1.98. The van der Waals surface area contributed by atoms with Crippen LogP contribution in [0.3, 0.4) is 0 Å². The largest absolute Gasteiger partial charge is 0.508 e. The summed E-state index contributed by atoms with van der Waals surface area (Å²) in [4.78, 5) is 13.7. The van der Waals surface area contributed by atoms with Gasteiger partial charge in [-0.25, -0.2) is 4.98 Å². The van der Waals surface area contributed by atoms with Crippen molar-refractivity contribution in [2.45, 2.75) is 52.7 Å². The number of aryl methyl sites for hydroxylation is 1. The molecule has 8 nitrogen and oxygen atoms in total. The number of aromatic nitrogens is 4. The van der Waals surface area contributed by atoms with E-state index in [1.54, 1.807) is 12.4 Å². The number of fused-ring (bicyclic) bond motifs is 1. The molecule has 0 aliphatic heterocycles. The third-order valence-corrected chi connectivity index (χ3v) is 4.71. The fourth-order valence-electron chi connectivity index (χ4n) is 2.98. The molecule has 150 valence electrons. The number of aliphatic hydroxyl groups excluding tert-OH is 1. The Labute approximate surface area is 164 Å². The molecule has 0 aliphatic rings. The molecule has 0 saturated heterocycles. The molecule has 0 bridgehead atoms. The van der Waals surface area contributed by atoms with E-state index < -0.39 is 0 Å². The van der Waals surface area contributed by atoms with E-state index in [9.17, 15) is 10.2 Å². The molecule has 8 heteroatoms. The number of benzene rings is 1. The van der Waals surface area contributed by atoms with Crippen LogP contribution < -0.4 is 10.6 Å². The normalized spacial score (nSPS) is 12.5. The highest BCUT2D eigenvalue weighted by Crippen LogP contribution is 2.25. The van der Waals surface area contributed by atoms with E-state index in [0.717, 1.165) is 23.2 Å². The molecular formula is C20H28N6O2. The number of rotatable bonds is 8. The Morgan fingerprint density at radius 2 is 2.00 bits per heavy atom. The van der Waals surface area contributed by atoms with Crippen LogP contribution in [0, 0.1) is 6.92 Å². The van der Waals surface area contributed by atoms with Gasteiger partial charge in [-0.2, -0.15) is 9.97 Å². The molecule has 3 aromatic rings. The topological polar surface area (TPSA) is 108 Å². The summed E-state index contributed by atoms with van der Waals surface area (Å²) in [5.41, 5.74) is 3.24. The fraction of sp³-hybridized carbons (Fsp3) is 0.450. The number of hydrogen-bond donors (Lipinski definition) is 4. The molecule has 0 amide bonds. The van der Waals surface area contributed by atoms with Crippen LogP contribution in [-0.2, 0) is 6.54 Å². The number of hydrogen-bond acceptors (Lipinski definition) is 7. The third-order valence-electron chi connectivity index (χ3n) is 4.71. The predicted molar refractivity (Wildman–Crippen MR) is 111 cm³/mol. The first-order valence-corrected chi connectivity index (χ1v) is 9.57. The number of phenols is 1. The second kappa shape index (κ2) is 8.43. The molecule has 0 saturated carbocycles. The second-order valence-electron chi connectivity index (χ2n) is 7.23. The molecular weight excluding hydrogens is 356 g/mol. The number of anilines is 2. The van der Waals surface area contributed by atoms with Crippen molar-refractivity contribution in [3.63, 3.8) is 0 Å². The van der Waals surface area contributed by atoms with Crippen LogP contribution in [0.1, 0.15) is 44.4 Å². The molecule has 0 unspecified atom stereocenters. The Balaban J connectivity index is 1.98. The number of aromatic hydroxyl groups is 1. The monoisotopic (exact) mass is 384 g/mol. The summed E-state index contributed by atoms with van der Waals surface area (Å²) in [5, 5.41) is 26.1. The number of aliphatic hydroxyl groups is 1. The molecule has 2 aromatic heterocycles. The van der Waals surface area contributed by atoms with Crippen LogP contribution in [0.5, 0.6) is 5.75 Å². The molecule has 4 N–H and O–H groups in total. The van der Waals surface area contributed by atoms with Gasteiger partial charge in [-0.15, -0.1) is 0 Å². The Bertz CT molecular complexity index is 949. The van der Waals surface area contributed by atoms with Gasteiger partial charge in [0.25, 0.3) is 0 Å². The van der Waals surface area contributed by atoms with Crippen LogP contribution in [0.2, 0.25) is 0 Å². The van der Waals surface area contributed by atoms with Gasteiger partial charge >= 0.3 is 0 Å². The van der Waals surface area contributed by atoms with E-state index in [2.05, 4.69) is 39.4 Å². The maximum atomic E-state index is 10.1. The summed E-state index contributed by atoms with van der Waals surface area (Å²) in [6.45, 7) is 8.52. The average Bonchev–Trinajstić information content (AvgIpc) is 3.11. The van der Waals surface area contributed by atoms with Crippen molar-refractivity contribution in [1.29, 1.82) is 0 Å². The first-order valence-electron chi connectivity index (χ1n) is 9.57. The third kappa shape index (κ3) is 4.17. The Morgan fingerprint density at radius 3 is 2.68 bits per heavy atom. The van der Waals surface area contributed by atoms with E-state index in [-0.39, 0.29) is 24.4 Å². The maximum Gasteiger partial charge on any atom is 0.227 e. The minimum Gasteiger partial charge on any atom is -0.508 e. The zero-order valence-corrected chi connectivity index (χ0v) is 16.8. The van der Waals surface area contributed by atoms with Gasteiger partial charge in [0.1, 0.15) is 5.75 Å². The lowest BCUT2D eigenvalue weighted by molar-refractivity contribution is 0.271. The highest BCUT2D eigenvalue weighted by Gasteiger charge is 2.16. The van der Waals surface area contributed by atoms with Crippen molar-refractivity contribution < 1.29 is 10.2 Å². The predicted octanol–water partition coefficient (Wildman–Crippen LogP) is 3.22. The standard InChI is InChI=1S/C20H28N6O2/c1-5-15(10-27)23-20-24-18(17-19(25-20)26(11-22-17)12(2)3)21-9-14-8-13(4)6-7-16(14)28/h6-8,11-12,15,27-28H,5,9-10H2,1-4H3,(H2,21,23,24,25)/t15-/m1/s1. The van der Waals surface area contributed by atoms with E-state index >= 15 is 0 Å². The number of nitrogens with zero attached hydrogens (tertiary/aromatic N) is 4. The average molecular weight is 384 g/mol. The lowest BCUT2D eigenvalue weighted by Gasteiger charge is -2.16. The zero-order chi connectivity index (χ0) is 20.3. The first kappa shape index (κ1) is 19.9. The minimum absolute atomic E-state index is 0.00126. The smallest absolute Gasteiger partial charge is 0.227 e. The van der Waals surface area contributed by atoms with Crippen LogP contribution in [0.15, 0.2) is 24.5 Å². The van der Waals surface area contributed by atoms with Gasteiger partial charge in [-0.3, -0.25) is 0 Å². The lowest BCUT2D eigenvalue weighted by atomic mass is 10.1. The van der Waals surface area contributed by atoms with Gasteiger partial charge in [0.05, 0.1) is 19.0 Å². The summed E-state index contributed by atoms with van der Waals surface area (Å²) >= 11 is 0. The molecule has 1 atom stereocenters. The van der Waals surface area contributed by atoms with Gasteiger partial charge in [0, 0.05) is 18.2 Å². The minimum atomic E-state index is -0.124. The Morgan fingerprint density at radius 1 is 1.21 bits per heavy atom. The van der Waals surface area contributed by atoms with E-state index in [4.69, 9.17) is 0 Å². The first-order chi connectivity index (χ1) is 13.4. The van der Waals surface area contributed by atoms with Crippen LogP contribution in [0.25, 0.3) is 11.2 Å². The number of phenolic OH excluding ortho intramolecular Hbond substituents is 1. The summed E-state index contributed by atoms with van der Waals surface area (Å²) in [6.07, 6.45) is 2.51. The van der Waals surface area contributed by atoms with E-state index in [0.29, 0.717) is 23.8 Å². The van der Waals surface area contributed by atoms with E-state index in [1.807, 2.05) is 30.5 Å². The van der Waals surface area contributed by atoms with Crippen molar-refractivity contribution in [2.24, 2.45) is 0 Å². The van der Waals surface area contributed by atoms with Gasteiger partial charge in [-0.05, 0) is 33.3 Å². The number of nitrogens with one attached hydrogen (secondary N) is 2. The fourth-order valence-corrected chi connectivity index (χ4v) is 2.98. The van der Waals surface area contributed by atoms with Crippen molar-refractivity contribution in [3.05, 3.63) is 35.7 Å². The number of imidazole rings is 1. The summed E-state index contributed by atoms with van der Waals surface area (Å²) in [7, 11) is 0. The van der Waals surface area contributed by atoms with Crippen molar-refractivity contribution in [1.82, 2.24) is 19.5 Å². The van der Waals surface area contributed by atoms with Gasteiger partial charge in [-0.1, -0.05) is 24.6 Å². The molecule has 1 aromatic carbocycles.